The number of hydrogen-bond acceptors (Lipinski definition) is 2. The van der Waals surface area contributed by atoms with E-state index in [9.17, 15) is 5.11 Å². The molecule has 1 aromatic rings. The van der Waals surface area contributed by atoms with E-state index in [2.05, 4.69) is 29.6 Å². The Hall–Kier alpha value is -0.860. The van der Waals surface area contributed by atoms with Crippen molar-refractivity contribution < 1.29 is 5.11 Å². The van der Waals surface area contributed by atoms with Gasteiger partial charge in [0.25, 0.3) is 0 Å². The predicted molar refractivity (Wildman–Crippen MR) is 73.7 cm³/mol. The van der Waals surface area contributed by atoms with Crippen LogP contribution in [0.2, 0.25) is 0 Å². The van der Waals surface area contributed by atoms with Crippen LogP contribution in [0.15, 0.2) is 24.3 Å². The number of fused-ring (bicyclic) bond motifs is 1. The van der Waals surface area contributed by atoms with Crippen molar-refractivity contribution >= 4 is 0 Å². The predicted octanol–water partition coefficient (Wildman–Crippen LogP) is 2.44. The highest BCUT2D eigenvalue weighted by molar-refractivity contribution is 5.30. The third kappa shape index (κ3) is 2.60. The summed E-state index contributed by atoms with van der Waals surface area (Å²) in [5.41, 5.74) is 3.01. The third-order valence-corrected chi connectivity index (χ3v) is 4.53. The van der Waals surface area contributed by atoms with E-state index in [1.165, 1.54) is 36.8 Å². The van der Waals surface area contributed by atoms with Crippen LogP contribution in [0.4, 0.5) is 0 Å². The van der Waals surface area contributed by atoms with Crippen LogP contribution in [-0.4, -0.2) is 23.3 Å². The molecule has 0 saturated heterocycles. The fraction of sp³-hybridized carbons (Fsp3) is 0.625. The summed E-state index contributed by atoms with van der Waals surface area (Å²) in [5, 5.41) is 13.7. The maximum atomic E-state index is 10.0. The maximum Gasteiger partial charge on any atom is 0.0693 e. The van der Waals surface area contributed by atoms with Crippen molar-refractivity contribution in [3.05, 3.63) is 35.4 Å². The van der Waals surface area contributed by atoms with E-state index in [1.54, 1.807) is 0 Å². The molecule has 0 aliphatic heterocycles. The van der Waals surface area contributed by atoms with Gasteiger partial charge in [0, 0.05) is 12.1 Å². The molecule has 2 heteroatoms. The van der Waals surface area contributed by atoms with E-state index in [1.807, 2.05) is 0 Å². The number of rotatable bonds is 2. The fourth-order valence-electron chi connectivity index (χ4n) is 3.45. The molecule has 1 aromatic carbocycles. The third-order valence-electron chi connectivity index (χ3n) is 4.53. The van der Waals surface area contributed by atoms with Crippen LogP contribution in [-0.2, 0) is 12.8 Å². The molecule has 0 heterocycles. The summed E-state index contributed by atoms with van der Waals surface area (Å²) in [6.45, 7) is 0. The van der Waals surface area contributed by atoms with E-state index >= 15 is 0 Å². The maximum absolute atomic E-state index is 10.0. The van der Waals surface area contributed by atoms with Gasteiger partial charge in [0.1, 0.15) is 0 Å². The molecule has 98 valence electrons. The molecule has 1 fully saturated rings. The van der Waals surface area contributed by atoms with E-state index in [0.29, 0.717) is 12.1 Å². The van der Waals surface area contributed by atoms with E-state index < -0.39 is 0 Å². The smallest absolute Gasteiger partial charge is 0.0693 e. The van der Waals surface area contributed by atoms with E-state index in [0.717, 1.165) is 19.3 Å². The molecular formula is C16H23NO. The Kier molecular flexibility index (Phi) is 3.67. The lowest BCUT2D eigenvalue weighted by Gasteiger charge is -2.34. The van der Waals surface area contributed by atoms with Crippen LogP contribution in [0.3, 0.4) is 0 Å². The summed E-state index contributed by atoms with van der Waals surface area (Å²) in [5.74, 6) is 0. The first-order valence-corrected chi connectivity index (χ1v) is 7.34. The Balaban J connectivity index is 1.62. The summed E-state index contributed by atoms with van der Waals surface area (Å²) in [7, 11) is 0. The zero-order chi connectivity index (χ0) is 12.4. The zero-order valence-corrected chi connectivity index (χ0v) is 10.9. The van der Waals surface area contributed by atoms with Crippen molar-refractivity contribution in [1.82, 2.24) is 5.32 Å². The van der Waals surface area contributed by atoms with Crippen LogP contribution in [0.5, 0.6) is 0 Å². The molecule has 1 saturated carbocycles. The van der Waals surface area contributed by atoms with Crippen LogP contribution in [0.25, 0.3) is 0 Å². The zero-order valence-electron chi connectivity index (χ0n) is 10.9. The largest absolute Gasteiger partial charge is 0.392 e. The van der Waals surface area contributed by atoms with Gasteiger partial charge in [-0.25, -0.2) is 0 Å². The second kappa shape index (κ2) is 5.41. The summed E-state index contributed by atoms with van der Waals surface area (Å²) in [6, 6.07) is 9.65. The van der Waals surface area contributed by atoms with E-state index in [-0.39, 0.29) is 6.10 Å². The molecule has 2 aliphatic rings. The number of aliphatic hydroxyl groups excluding tert-OH is 1. The van der Waals surface area contributed by atoms with Gasteiger partial charge in [-0.2, -0.15) is 0 Å². The van der Waals surface area contributed by atoms with Crippen molar-refractivity contribution in [1.29, 1.82) is 0 Å². The number of aliphatic hydroxyl groups is 1. The minimum Gasteiger partial charge on any atom is -0.392 e. The number of hydrogen-bond donors (Lipinski definition) is 2. The van der Waals surface area contributed by atoms with Gasteiger partial charge in [0.15, 0.2) is 0 Å². The summed E-state index contributed by atoms with van der Waals surface area (Å²) >= 11 is 0. The standard InChI is InChI=1S/C16H23NO/c18-16-8-4-3-7-15(16)17-14-10-9-12-5-1-2-6-13(12)11-14/h1-2,5-6,14-18H,3-4,7-11H2/t14-,15+,16+/m0/s1. The Morgan fingerprint density at radius 3 is 2.61 bits per heavy atom. The van der Waals surface area contributed by atoms with Gasteiger partial charge < -0.3 is 10.4 Å². The average molecular weight is 245 g/mol. The number of benzene rings is 1. The molecule has 0 bridgehead atoms. The highest BCUT2D eigenvalue weighted by Crippen LogP contribution is 2.24. The van der Waals surface area contributed by atoms with Gasteiger partial charge in [-0.3, -0.25) is 0 Å². The first-order valence-electron chi connectivity index (χ1n) is 7.34. The minimum absolute atomic E-state index is 0.129. The Labute approximate surface area is 109 Å². The average Bonchev–Trinajstić information content (AvgIpc) is 2.41. The number of aryl methyl sites for hydroxylation is 1. The van der Waals surface area contributed by atoms with Crippen LogP contribution in [0, 0.1) is 0 Å². The second-order valence-electron chi connectivity index (χ2n) is 5.83. The fourth-order valence-corrected chi connectivity index (χ4v) is 3.45. The van der Waals surface area contributed by atoms with Crippen LogP contribution in [0.1, 0.15) is 43.2 Å². The molecule has 0 amide bonds. The first-order chi connectivity index (χ1) is 8.83. The molecule has 2 N–H and O–H groups in total. The highest BCUT2D eigenvalue weighted by Gasteiger charge is 2.27. The lowest BCUT2D eigenvalue weighted by Crippen LogP contribution is -2.48. The van der Waals surface area contributed by atoms with Crippen molar-refractivity contribution in [3.8, 4) is 0 Å². The Morgan fingerprint density at radius 2 is 1.78 bits per heavy atom. The second-order valence-corrected chi connectivity index (χ2v) is 5.83. The molecule has 0 unspecified atom stereocenters. The lowest BCUT2D eigenvalue weighted by molar-refractivity contribution is 0.0837. The molecule has 3 rings (SSSR count). The van der Waals surface area contributed by atoms with Gasteiger partial charge >= 0.3 is 0 Å². The van der Waals surface area contributed by atoms with Gasteiger partial charge in [0.2, 0.25) is 0 Å². The summed E-state index contributed by atoms with van der Waals surface area (Å²) < 4.78 is 0. The lowest BCUT2D eigenvalue weighted by atomic mass is 9.86. The quantitative estimate of drug-likeness (QED) is 0.839. The van der Waals surface area contributed by atoms with Gasteiger partial charge in [-0.05, 0) is 43.2 Å². The first kappa shape index (κ1) is 12.2. The molecular weight excluding hydrogens is 222 g/mol. The van der Waals surface area contributed by atoms with Gasteiger partial charge in [0.05, 0.1) is 6.10 Å². The van der Waals surface area contributed by atoms with Crippen molar-refractivity contribution in [2.45, 2.75) is 63.1 Å². The Morgan fingerprint density at radius 1 is 1.00 bits per heavy atom. The molecule has 3 atom stereocenters. The molecule has 2 aliphatic carbocycles. The van der Waals surface area contributed by atoms with Crippen LogP contribution < -0.4 is 5.32 Å². The SMILES string of the molecule is O[C@@H]1CCCC[C@H]1N[C@H]1CCc2ccccc2C1. The van der Waals surface area contributed by atoms with Crippen LogP contribution >= 0.6 is 0 Å². The van der Waals surface area contributed by atoms with Gasteiger partial charge in [-0.1, -0.05) is 37.1 Å². The highest BCUT2D eigenvalue weighted by atomic mass is 16.3. The summed E-state index contributed by atoms with van der Waals surface area (Å²) in [6.07, 6.45) is 7.94. The topological polar surface area (TPSA) is 32.3 Å². The van der Waals surface area contributed by atoms with E-state index in [4.69, 9.17) is 0 Å². The van der Waals surface area contributed by atoms with Crippen molar-refractivity contribution in [2.75, 3.05) is 0 Å². The van der Waals surface area contributed by atoms with Gasteiger partial charge in [-0.15, -0.1) is 0 Å². The molecule has 0 radical (unpaired) electrons. The molecule has 18 heavy (non-hydrogen) atoms. The molecule has 0 aromatic heterocycles. The number of nitrogens with one attached hydrogen (secondary N) is 1. The van der Waals surface area contributed by atoms with Crippen molar-refractivity contribution in [3.63, 3.8) is 0 Å². The molecule has 2 nitrogen and oxygen atoms in total. The molecule has 0 spiro atoms. The normalized spacial score (nSPS) is 31.9. The summed E-state index contributed by atoms with van der Waals surface area (Å²) in [4.78, 5) is 0. The minimum atomic E-state index is -0.129. The monoisotopic (exact) mass is 245 g/mol. The van der Waals surface area contributed by atoms with Crippen molar-refractivity contribution in [2.24, 2.45) is 0 Å². The Bertz CT molecular complexity index is 404.